The summed E-state index contributed by atoms with van der Waals surface area (Å²) in [4.78, 5) is 20.7. The summed E-state index contributed by atoms with van der Waals surface area (Å²) in [7, 11) is 0. The van der Waals surface area contributed by atoms with Crippen LogP contribution in [-0.4, -0.2) is 35.2 Å². The number of nitrogens with one attached hydrogen (secondary N) is 1. The van der Waals surface area contributed by atoms with E-state index in [1.54, 1.807) is 13.8 Å². The first-order chi connectivity index (χ1) is 10.7. The zero-order valence-corrected chi connectivity index (χ0v) is 14.8. The third-order valence-electron chi connectivity index (χ3n) is 3.43. The van der Waals surface area contributed by atoms with Crippen molar-refractivity contribution in [2.24, 2.45) is 17.6 Å². The minimum atomic E-state index is -0.711. The van der Waals surface area contributed by atoms with E-state index in [2.05, 4.69) is 11.9 Å². The normalized spacial score (nSPS) is 12.5. The highest BCUT2D eigenvalue weighted by Crippen LogP contribution is 2.07. The number of aliphatic carboxylic acids is 2. The van der Waals surface area contributed by atoms with Gasteiger partial charge >= 0.3 is 11.9 Å². The second-order valence-corrected chi connectivity index (χ2v) is 5.97. The van der Waals surface area contributed by atoms with Gasteiger partial charge in [-0.2, -0.15) is 0 Å². The fraction of sp³-hybridized carbons (Fsp3) is 0.765. The smallest absolute Gasteiger partial charge is 0.306 e. The van der Waals surface area contributed by atoms with E-state index < -0.39 is 11.9 Å². The molecule has 0 bridgehead atoms. The molecule has 0 saturated carbocycles. The lowest BCUT2D eigenvalue weighted by atomic mass is 10.0. The van der Waals surface area contributed by atoms with Gasteiger partial charge < -0.3 is 21.3 Å². The molecule has 0 spiro atoms. The molecule has 6 nitrogen and oxygen atoms in total. The molecule has 0 aromatic rings. The van der Waals surface area contributed by atoms with E-state index in [0.717, 1.165) is 50.8 Å². The second-order valence-electron chi connectivity index (χ2n) is 5.97. The molecule has 0 aromatic carbocycles. The van der Waals surface area contributed by atoms with Crippen LogP contribution in [0.2, 0.25) is 0 Å². The number of carboxylic acid groups (broad SMARTS) is 2. The zero-order chi connectivity index (χ0) is 18.3. The molecule has 0 saturated heterocycles. The van der Waals surface area contributed by atoms with Gasteiger partial charge in [0.15, 0.2) is 0 Å². The Hall–Kier alpha value is -1.56. The fourth-order valence-corrected chi connectivity index (χ4v) is 1.72. The van der Waals surface area contributed by atoms with Gasteiger partial charge in [0.1, 0.15) is 0 Å². The van der Waals surface area contributed by atoms with E-state index in [1.807, 2.05) is 6.92 Å². The number of unbranched alkanes of at least 4 members (excludes halogenated alkanes) is 2. The highest BCUT2D eigenvalue weighted by molar-refractivity contribution is 5.69. The summed E-state index contributed by atoms with van der Waals surface area (Å²) in [6.45, 7) is 10.6. The summed E-state index contributed by atoms with van der Waals surface area (Å²) in [5.74, 6) is -1.85. The van der Waals surface area contributed by atoms with Crippen molar-refractivity contribution in [1.82, 2.24) is 5.32 Å². The van der Waals surface area contributed by atoms with Crippen molar-refractivity contribution in [1.29, 1.82) is 0 Å². The quantitative estimate of drug-likeness (QED) is 0.409. The number of allylic oxidation sites excluding steroid dienone is 1. The van der Waals surface area contributed by atoms with Gasteiger partial charge in [0.25, 0.3) is 0 Å². The third-order valence-corrected chi connectivity index (χ3v) is 3.43. The SMILES string of the molecule is C=C(C)NCCCCC(C)C(=O)O.CC(CCCCN)C(=O)O. The predicted molar refractivity (Wildman–Crippen MR) is 93.2 cm³/mol. The first kappa shape index (κ1) is 23.7. The lowest BCUT2D eigenvalue weighted by Crippen LogP contribution is -2.13. The number of hydrogen-bond donors (Lipinski definition) is 4. The van der Waals surface area contributed by atoms with Crippen LogP contribution < -0.4 is 11.1 Å². The molecule has 0 radical (unpaired) electrons. The van der Waals surface area contributed by atoms with Gasteiger partial charge in [-0.15, -0.1) is 0 Å². The Morgan fingerprint density at radius 2 is 1.43 bits per heavy atom. The highest BCUT2D eigenvalue weighted by Gasteiger charge is 2.09. The van der Waals surface area contributed by atoms with Crippen molar-refractivity contribution in [3.05, 3.63) is 12.3 Å². The van der Waals surface area contributed by atoms with Gasteiger partial charge in [0, 0.05) is 12.2 Å². The molecular formula is C17H34N2O4. The van der Waals surface area contributed by atoms with E-state index in [9.17, 15) is 9.59 Å². The maximum atomic E-state index is 10.4. The lowest BCUT2D eigenvalue weighted by Gasteiger charge is -2.06. The molecule has 0 rings (SSSR count). The van der Waals surface area contributed by atoms with Crippen molar-refractivity contribution in [3.63, 3.8) is 0 Å². The molecule has 0 fully saturated rings. The molecule has 0 aliphatic carbocycles. The highest BCUT2D eigenvalue weighted by atomic mass is 16.4. The Labute approximate surface area is 140 Å². The van der Waals surface area contributed by atoms with E-state index in [1.165, 1.54) is 0 Å². The fourth-order valence-electron chi connectivity index (χ4n) is 1.72. The number of carbonyl (C=O) groups is 2. The largest absolute Gasteiger partial charge is 0.481 e. The van der Waals surface area contributed by atoms with Gasteiger partial charge in [-0.25, -0.2) is 0 Å². The van der Waals surface area contributed by atoms with Crippen LogP contribution in [0.15, 0.2) is 12.3 Å². The molecule has 136 valence electrons. The van der Waals surface area contributed by atoms with Crippen molar-refractivity contribution >= 4 is 11.9 Å². The molecule has 0 aliphatic rings. The standard InChI is InChI=1S/C10H19NO2.C7H15NO2/c1-8(2)11-7-5-4-6-9(3)10(12)13;1-6(7(9)10)4-2-3-5-8/h9,11H,1,4-7H2,2-3H3,(H,12,13);6H,2-5,8H2,1H3,(H,9,10). The average Bonchev–Trinajstić information content (AvgIpc) is 2.46. The van der Waals surface area contributed by atoms with E-state index >= 15 is 0 Å². The van der Waals surface area contributed by atoms with E-state index in [4.69, 9.17) is 15.9 Å². The number of carboxylic acids is 2. The van der Waals surface area contributed by atoms with Gasteiger partial charge in [-0.3, -0.25) is 9.59 Å². The van der Waals surface area contributed by atoms with Crippen molar-refractivity contribution in [2.75, 3.05) is 13.1 Å². The van der Waals surface area contributed by atoms with Gasteiger partial charge in [0.2, 0.25) is 0 Å². The van der Waals surface area contributed by atoms with Crippen LogP contribution in [0.1, 0.15) is 59.3 Å². The summed E-state index contributed by atoms with van der Waals surface area (Å²) in [6, 6.07) is 0. The van der Waals surface area contributed by atoms with Crippen LogP contribution >= 0.6 is 0 Å². The first-order valence-electron chi connectivity index (χ1n) is 8.27. The van der Waals surface area contributed by atoms with Crippen LogP contribution in [0, 0.1) is 11.8 Å². The molecule has 2 unspecified atom stereocenters. The second kappa shape index (κ2) is 15.3. The van der Waals surface area contributed by atoms with Gasteiger partial charge in [-0.05, 0) is 39.2 Å². The summed E-state index contributed by atoms with van der Waals surface area (Å²) in [5, 5.41) is 20.2. The van der Waals surface area contributed by atoms with E-state index in [0.29, 0.717) is 6.54 Å². The maximum Gasteiger partial charge on any atom is 0.306 e. The van der Waals surface area contributed by atoms with Gasteiger partial charge in [-0.1, -0.05) is 33.3 Å². The number of rotatable bonds is 12. The van der Waals surface area contributed by atoms with Crippen LogP contribution in [0.25, 0.3) is 0 Å². The zero-order valence-electron chi connectivity index (χ0n) is 14.8. The summed E-state index contributed by atoms with van der Waals surface area (Å²) < 4.78 is 0. The number of hydrogen-bond acceptors (Lipinski definition) is 4. The Balaban J connectivity index is 0. The Morgan fingerprint density at radius 1 is 1.00 bits per heavy atom. The summed E-state index contributed by atoms with van der Waals surface area (Å²) in [6.07, 6.45) is 5.31. The average molecular weight is 330 g/mol. The molecule has 0 heterocycles. The third kappa shape index (κ3) is 18.4. The van der Waals surface area contributed by atoms with Crippen molar-refractivity contribution in [3.8, 4) is 0 Å². The maximum absolute atomic E-state index is 10.4. The topological polar surface area (TPSA) is 113 Å². The molecule has 0 aliphatic heterocycles. The van der Waals surface area contributed by atoms with Crippen molar-refractivity contribution in [2.45, 2.75) is 59.3 Å². The monoisotopic (exact) mass is 330 g/mol. The summed E-state index contributed by atoms with van der Waals surface area (Å²) in [5.41, 5.74) is 6.21. The minimum Gasteiger partial charge on any atom is -0.481 e. The van der Waals surface area contributed by atoms with Crippen LogP contribution in [0.3, 0.4) is 0 Å². The van der Waals surface area contributed by atoms with E-state index in [-0.39, 0.29) is 11.8 Å². The van der Waals surface area contributed by atoms with Crippen LogP contribution in [0.5, 0.6) is 0 Å². The number of nitrogens with two attached hydrogens (primary N) is 1. The molecule has 0 amide bonds. The molecule has 23 heavy (non-hydrogen) atoms. The lowest BCUT2D eigenvalue weighted by molar-refractivity contribution is -0.142. The predicted octanol–water partition coefficient (Wildman–Crippen LogP) is 2.84. The minimum absolute atomic E-state index is 0.216. The first-order valence-corrected chi connectivity index (χ1v) is 8.27. The van der Waals surface area contributed by atoms with Crippen molar-refractivity contribution < 1.29 is 19.8 Å². The molecular weight excluding hydrogens is 296 g/mol. The Kier molecular flexibility index (Phi) is 15.8. The Morgan fingerprint density at radius 3 is 1.78 bits per heavy atom. The molecule has 0 aromatic heterocycles. The van der Waals surface area contributed by atoms with Crippen LogP contribution in [0.4, 0.5) is 0 Å². The Bertz CT molecular complexity index is 345. The van der Waals surface area contributed by atoms with Gasteiger partial charge in [0.05, 0.1) is 11.8 Å². The van der Waals surface area contributed by atoms with Crippen LogP contribution in [-0.2, 0) is 9.59 Å². The molecule has 5 N–H and O–H groups in total. The summed E-state index contributed by atoms with van der Waals surface area (Å²) >= 11 is 0. The molecule has 2 atom stereocenters. The molecule has 6 heteroatoms.